The minimum atomic E-state index is -1.14. The van der Waals surface area contributed by atoms with E-state index in [0.717, 1.165) is 11.1 Å². The molecule has 2 N–H and O–H groups in total. The number of hydrogen-bond acceptors (Lipinski definition) is 3. The second kappa shape index (κ2) is 8.24. The number of benzene rings is 2. The van der Waals surface area contributed by atoms with Gasteiger partial charge in [-0.25, -0.2) is 4.79 Å². The van der Waals surface area contributed by atoms with Crippen molar-refractivity contribution < 1.29 is 19.5 Å². The molecule has 5 heteroatoms. The highest BCUT2D eigenvalue weighted by molar-refractivity contribution is 5.98. The van der Waals surface area contributed by atoms with Crippen molar-refractivity contribution in [1.29, 1.82) is 0 Å². The third-order valence-corrected chi connectivity index (χ3v) is 4.09. The molecule has 0 saturated carbocycles. The fraction of sp³-hybridized carbons (Fsp3) is 0.250. The average molecular weight is 339 g/mol. The molecule has 2 aromatic carbocycles. The van der Waals surface area contributed by atoms with Crippen LogP contribution in [0.5, 0.6) is 0 Å². The number of nitrogens with one attached hydrogen (secondary N) is 1. The van der Waals surface area contributed by atoms with Gasteiger partial charge in [-0.3, -0.25) is 9.59 Å². The first-order valence-corrected chi connectivity index (χ1v) is 8.06. The van der Waals surface area contributed by atoms with E-state index in [1.807, 2.05) is 19.9 Å². The van der Waals surface area contributed by atoms with Crippen molar-refractivity contribution in [2.75, 3.05) is 0 Å². The fourth-order valence-corrected chi connectivity index (χ4v) is 2.45. The zero-order valence-electron chi connectivity index (χ0n) is 14.3. The highest BCUT2D eigenvalue weighted by Gasteiger charge is 2.22. The molecule has 1 amide bonds. The third kappa shape index (κ3) is 5.01. The number of amides is 1. The number of aliphatic carboxylic acids is 1. The Morgan fingerprint density at radius 2 is 1.64 bits per heavy atom. The Morgan fingerprint density at radius 1 is 0.960 bits per heavy atom. The summed E-state index contributed by atoms with van der Waals surface area (Å²) in [6, 6.07) is 12.8. The van der Waals surface area contributed by atoms with E-state index in [0.29, 0.717) is 11.1 Å². The first-order valence-electron chi connectivity index (χ1n) is 8.06. The maximum atomic E-state index is 12.2. The molecule has 1 atom stereocenters. The average Bonchev–Trinajstić information content (AvgIpc) is 2.60. The third-order valence-electron chi connectivity index (χ3n) is 4.09. The summed E-state index contributed by atoms with van der Waals surface area (Å²) in [5, 5.41) is 11.8. The molecule has 0 aromatic heterocycles. The summed E-state index contributed by atoms with van der Waals surface area (Å²) in [6.45, 7) is 3.89. The molecule has 0 fully saturated rings. The predicted octanol–water partition coefficient (Wildman–Crippen LogP) is 3.21. The van der Waals surface area contributed by atoms with E-state index < -0.39 is 17.9 Å². The van der Waals surface area contributed by atoms with Crippen molar-refractivity contribution >= 4 is 17.7 Å². The largest absolute Gasteiger partial charge is 0.479 e. The minimum absolute atomic E-state index is 0.0372. The van der Waals surface area contributed by atoms with Crippen LogP contribution in [0.25, 0.3) is 0 Å². The molecule has 0 spiro atoms. The van der Waals surface area contributed by atoms with Crippen LogP contribution in [-0.4, -0.2) is 22.8 Å². The molecular weight excluding hydrogens is 318 g/mol. The molecular formula is C20H21NO4. The summed E-state index contributed by atoms with van der Waals surface area (Å²) < 4.78 is 0. The monoisotopic (exact) mass is 339 g/mol. The smallest absolute Gasteiger partial charge is 0.330 e. The van der Waals surface area contributed by atoms with Gasteiger partial charge < -0.3 is 10.4 Å². The lowest BCUT2D eigenvalue weighted by Crippen LogP contribution is -2.33. The highest BCUT2D eigenvalue weighted by atomic mass is 16.4. The molecule has 25 heavy (non-hydrogen) atoms. The first-order chi connectivity index (χ1) is 11.9. The molecule has 2 aromatic rings. The van der Waals surface area contributed by atoms with Crippen LogP contribution in [0.15, 0.2) is 48.5 Å². The predicted molar refractivity (Wildman–Crippen MR) is 94.4 cm³/mol. The van der Waals surface area contributed by atoms with Crippen molar-refractivity contribution in [3.8, 4) is 0 Å². The highest BCUT2D eigenvalue weighted by Crippen LogP contribution is 2.15. The van der Waals surface area contributed by atoms with Gasteiger partial charge >= 0.3 is 5.97 Å². The standard InChI is InChI=1S/C20H21NO4/c1-13-8-9-16(12-14(13)2)17(22)10-11-18(23)21-19(20(24)25)15-6-4-3-5-7-15/h3-9,12,19H,10-11H2,1-2H3,(H,21,23)(H,24,25). The molecule has 130 valence electrons. The van der Waals surface area contributed by atoms with Gasteiger partial charge in [0.2, 0.25) is 5.91 Å². The van der Waals surface area contributed by atoms with Gasteiger partial charge in [-0.1, -0.05) is 42.5 Å². The Hall–Kier alpha value is -2.95. The molecule has 2 rings (SSSR count). The molecule has 1 unspecified atom stereocenters. The molecule has 0 bridgehead atoms. The first kappa shape index (κ1) is 18.4. The van der Waals surface area contributed by atoms with Crippen molar-refractivity contribution in [2.45, 2.75) is 32.7 Å². The lowest BCUT2D eigenvalue weighted by Gasteiger charge is -2.14. The number of carbonyl (C=O) groups excluding carboxylic acids is 2. The van der Waals surface area contributed by atoms with E-state index >= 15 is 0 Å². The summed E-state index contributed by atoms with van der Waals surface area (Å²) >= 11 is 0. The van der Waals surface area contributed by atoms with Crippen LogP contribution in [0, 0.1) is 13.8 Å². The Bertz CT molecular complexity index is 784. The zero-order chi connectivity index (χ0) is 18.4. The van der Waals surface area contributed by atoms with Crippen molar-refractivity contribution in [1.82, 2.24) is 5.32 Å². The van der Waals surface area contributed by atoms with E-state index in [9.17, 15) is 19.5 Å². The number of carboxylic acids is 1. The number of carbonyl (C=O) groups is 3. The Kier molecular flexibility index (Phi) is 6.06. The van der Waals surface area contributed by atoms with Crippen LogP contribution >= 0.6 is 0 Å². The fourth-order valence-electron chi connectivity index (χ4n) is 2.45. The van der Waals surface area contributed by atoms with Crippen LogP contribution in [0.1, 0.15) is 45.9 Å². The van der Waals surface area contributed by atoms with Crippen molar-refractivity contribution in [2.24, 2.45) is 0 Å². The lowest BCUT2D eigenvalue weighted by atomic mass is 10.0. The van der Waals surface area contributed by atoms with E-state index in [1.165, 1.54) is 0 Å². The van der Waals surface area contributed by atoms with Gasteiger partial charge in [0, 0.05) is 18.4 Å². The van der Waals surface area contributed by atoms with Crippen LogP contribution < -0.4 is 5.32 Å². The SMILES string of the molecule is Cc1ccc(C(=O)CCC(=O)NC(C(=O)O)c2ccccc2)cc1C. The number of carboxylic acid groups (broad SMARTS) is 1. The van der Waals surface area contributed by atoms with Crippen LogP contribution in [-0.2, 0) is 9.59 Å². The number of ketones is 1. The van der Waals surface area contributed by atoms with E-state index in [2.05, 4.69) is 5.32 Å². The maximum Gasteiger partial charge on any atom is 0.330 e. The normalized spacial score (nSPS) is 11.6. The summed E-state index contributed by atoms with van der Waals surface area (Å²) in [7, 11) is 0. The summed E-state index contributed by atoms with van der Waals surface area (Å²) in [6.07, 6.45) is -0.0160. The molecule has 0 radical (unpaired) electrons. The summed E-state index contributed by atoms with van der Waals surface area (Å²) in [5.74, 6) is -1.74. The number of rotatable bonds is 7. The van der Waals surface area contributed by atoms with Gasteiger partial charge in [-0.05, 0) is 36.6 Å². The van der Waals surface area contributed by atoms with Crippen molar-refractivity contribution in [3.63, 3.8) is 0 Å². The van der Waals surface area contributed by atoms with E-state index in [-0.39, 0.29) is 18.6 Å². The van der Waals surface area contributed by atoms with Gasteiger partial charge in [-0.2, -0.15) is 0 Å². The zero-order valence-corrected chi connectivity index (χ0v) is 14.3. The second-order valence-corrected chi connectivity index (χ2v) is 5.97. The second-order valence-electron chi connectivity index (χ2n) is 5.97. The molecule has 0 aliphatic rings. The van der Waals surface area contributed by atoms with Crippen LogP contribution in [0.4, 0.5) is 0 Å². The Labute approximate surface area is 146 Å². The van der Waals surface area contributed by atoms with Gasteiger partial charge in [0.25, 0.3) is 0 Å². The Balaban J connectivity index is 1.96. The molecule has 0 saturated heterocycles. The molecule has 0 heterocycles. The van der Waals surface area contributed by atoms with Crippen LogP contribution in [0.2, 0.25) is 0 Å². The van der Waals surface area contributed by atoms with E-state index in [4.69, 9.17) is 0 Å². The van der Waals surface area contributed by atoms with Crippen LogP contribution in [0.3, 0.4) is 0 Å². The number of Topliss-reactive ketones (excluding diaryl/α,β-unsaturated/α-hetero) is 1. The minimum Gasteiger partial charge on any atom is -0.479 e. The Morgan fingerprint density at radius 3 is 2.24 bits per heavy atom. The molecule has 5 nitrogen and oxygen atoms in total. The molecule has 0 aliphatic carbocycles. The quantitative estimate of drug-likeness (QED) is 0.759. The van der Waals surface area contributed by atoms with E-state index in [1.54, 1.807) is 42.5 Å². The van der Waals surface area contributed by atoms with Gasteiger partial charge in [0.15, 0.2) is 11.8 Å². The van der Waals surface area contributed by atoms with Gasteiger partial charge in [0.1, 0.15) is 0 Å². The van der Waals surface area contributed by atoms with Crippen molar-refractivity contribution in [3.05, 3.63) is 70.8 Å². The molecule has 0 aliphatic heterocycles. The summed E-state index contributed by atoms with van der Waals surface area (Å²) in [5.41, 5.74) is 3.17. The van der Waals surface area contributed by atoms with Gasteiger partial charge in [0.05, 0.1) is 0 Å². The van der Waals surface area contributed by atoms with Gasteiger partial charge in [-0.15, -0.1) is 0 Å². The maximum absolute atomic E-state index is 12.2. The number of hydrogen-bond donors (Lipinski definition) is 2. The topological polar surface area (TPSA) is 83.5 Å². The number of aryl methyl sites for hydroxylation is 2. The lowest BCUT2D eigenvalue weighted by molar-refractivity contribution is -0.142. The summed E-state index contributed by atoms with van der Waals surface area (Å²) in [4.78, 5) is 35.7.